The Labute approximate surface area is 136 Å². The van der Waals surface area contributed by atoms with Gasteiger partial charge in [0.2, 0.25) is 5.91 Å². The van der Waals surface area contributed by atoms with Gasteiger partial charge in [-0.25, -0.2) is 8.78 Å². The molecular weight excluding hydrogens is 318 g/mol. The number of hydrogen-bond donors (Lipinski definition) is 1. The monoisotopic (exact) mass is 334 g/mol. The average Bonchev–Trinajstić information content (AvgIpc) is 3.10. The summed E-state index contributed by atoms with van der Waals surface area (Å²) in [5.74, 6) is -1.96. The van der Waals surface area contributed by atoms with Gasteiger partial charge in [0, 0.05) is 31.5 Å². The number of aromatic amines is 1. The quantitative estimate of drug-likeness (QED) is 0.922. The predicted molar refractivity (Wildman–Crippen MR) is 82.1 cm³/mol. The minimum Gasteiger partial charge on any atom is -0.343 e. The molecule has 1 saturated heterocycles. The average molecular weight is 334 g/mol. The van der Waals surface area contributed by atoms with Crippen LogP contribution in [0, 0.1) is 11.6 Å². The van der Waals surface area contributed by atoms with Crippen molar-refractivity contribution in [2.24, 2.45) is 0 Å². The number of aromatic nitrogens is 3. The molecule has 1 N–H and O–H groups in total. The first-order chi connectivity index (χ1) is 11.5. The summed E-state index contributed by atoms with van der Waals surface area (Å²) in [7, 11) is 0. The highest BCUT2D eigenvalue weighted by Gasteiger charge is 2.18. The minimum absolute atomic E-state index is 0.00150. The fourth-order valence-corrected chi connectivity index (χ4v) is 2.65. The number of halogens is 2. The molecule has 0 saturated carbocycles. The number of likely N-dealkylation sites (tertiary alicyclic amines) is 1. The van der Waals surface area contributed by atoms with Gasteiger partial charge in [-0.3, -0.25) is 9.59 Å². The van der Waals surface area contributed by atoms with Crippen molar-refractivity contribution in [3.05, 3.63) is 45.9 Å². The van der Waals surface area contributed by atoms with Crippen molar-refractivity contribution < 1.29 is 13.6 Å². The van der Waals surface area contributed by atoms with Crippen molar-refractivity contribution in [2.45, 2.75) is 25.7 Å². The Morgan fingerprint density at radius 1 is 1.17 bits per heavy atom. The summed E-state index contributed by atoms with van der Waals surface area (Å²) in [6.07, 6.45) is 2.40. The first kappa shape index (κ1) is 16.2. The summed E-state index contributed by atoms with van der Waals surface area (Å²) in [6, 6.07) is 3.19. The van der Waals surface area contributed by atoms with E-state index in [4.69, 9.17) is 0 Å². The highest BCUT2D eigenvalue weighted by atomic mass is 19.2. The van der Waals surface area contributed by atoms with Crippen molar-refractivity contribution in [3.63, 3.8) is 0 Å². The number of rotatable bonds is 4. The Kier molecular flexibility index (Phi) is 4.64. The second-order valence-corrected chi connectivity index (χ2v) is 5.67. The third kappa shape index (κ3) is 3.47. The second-order valence-electron chi connectivity index (χ2n) is 5.67. The number of amides is 1. The van der Waals surface area contributed by atoms with E-state index in [1.54, 1.807) is 4.90 Å². The Morgan fingerprint density at radius 2 is 1.92 bits per heavy atom. The van der Waals surface area contributed by atoms with E-state index in [1.165, 1.54) is 6.07 Å². The van der Waals surface area contributed by atoms with Crippen LogP contribution in [-0.4, -0.2) is 39.1 Å². The first-order valence-corrected chi connectivity index (χ1v) is 7.73. The van der Waals surface area contributed by atoms with Crippen molar-refractivity contribution in [1.82, 2.24) is 20.1 Å². The number of carbonyl (C=O) groups excluding carboxylic acids is 1. The molecule has 0 atom stereocenters. The normalized spacial score (nSPS) is 14.2. The fourth-order valence-electron chi connectivity index (χ4n) is 2.65. The maximum Gasteiger partial charge on any atom is 0.273 e. The van der Waals surface area contributed by atoms with Gasteiger partial charge < -0.3 is 9.88 Å². The Bertz CT molecular complexity index is 816. The lowest BCUT2D eigenvalue weighted by molar-refractivity contribution is -0.130. The molecule has 0 spiro atoms. The predicted octanol–water partition coefficient (Wildman–Crippen LogP) is 1.67. The fraction of sp³-hybridized carbons (Fsp3) is 0.375. The third-order valence-electron chi connectivity index (χ3n) is 3.99. The first-order valence-electron chi connectivity index (χ1n) is 7.73. The molecule has 8 heteroatoms. The van der Waals surface area contributed by atoms with Crippen LogP contribution in [-0.2, 0) is 11.2 Å². The molecule has 0 aliphatic carbocycles. The van der Waals surface area contributed by atoms with Crippen LogP contribution in [0.4, 0.5) is 8.78 Å². The van der Waals surface area contributed by atoms with E-state index in [2.05, 4.69) is 15.2 Å². The molecule has 126 valence electrons. The summed E-state index contributed by atoms with van der Waals surface area (Å²) in [5.41, 5.74) is -0.119. The van der Waals surface area contributed by atoms with Gasteiger partial charge in [-0.1, -0.05) is 0 Å². The Balaban J connectivity index is 1.71. The number of carbonyl (C=O) groups is 1. The molecule has 2 aromatic rings. The topological polar surface area (TPSA) is 79.0 Å². The van der Waals surface area contributed by atoms with E-state index in [-0.39, 0.29) is 35.8 Å². The maximum absolute atomic E-state index is 13.2. The van der Waals surface area contributed by atoms with Crippen molar-refractivity contribution in [2.75, 3.05) is 13.1 Å². The summed E-state index contributed by atoms with van der Waals surface area (Å²) in [5, 5.41) is 7.66. The molecule has 1 aliphatic rings. The van der Waals surface area contributed by atoms with Gasteiger partial charge in [0.15, 0.2) is 17.5 Å². The summed E-state index contributed by atoms with van der Waals surface area (Å²) < 4.78 is 26.2. The van der Waals surface area contributed by atoms with E-state index >= 15 is 0 Å². The van der Waals surface area contributed by atoms with Crippen LogP contribution in [0.15, 0.2) is 23.0 Å². The molecule has 24 heavy (non-hydrogen) atoms. The lowest BCUT2D eigenvalue weighted by Gasteiger charge is -2.14. The molecule has 0 unspecified atom stereocenters. The smallest absolute Gasteiger partial charge is 0.273 e. The zero-order valence-corrected chi connectivity index (χ0v) is 12.9. The van der Waals surface area contributed by atoms with Crippen LogP contribution in [0.2, 0.25) is 0 Å². The van der Waals surface area contributed by atoms with Crippen molar-refractivity contribution >= 4 is 5.91 Å². The van der Waals surface area contributed by atoms with Gasteiger partial charge in [-0.05, 0) is 31.0 Å². The van der Waals surface area contributed by atoms with Gasteiger partial charge in [-0.2, -0.15) is 0 Å². The number of nitrogens with one attached hydrogen (secondary N) is 1. The number of H-pyrrole nitrogens is 1. The molecule has 1 aliphatic heterocycles. The molecular formula is C16H16F2N4O2. The van der Waals surface area contributed by atoms with E-state index in [9.17, 15) is 18.4 Å². The largest absolute Gasteiger partial charge is 0.343 e. The highest BCUT2D eigenvalue weighted by Crippen LogP contribution is 2.16. The second kappa shape index (κ2) is 6.86. The zero-order chi connectivity index (χ0) is 17.1. The molecule has 0 bridgehead atoms. The van der Waals surface area contributed by atoms with Crippen LogP contribution >= 0.6 is 0 Å². The van der Waals surface area contributed by atoms with Crippen LogP contribution in [0.5, 0.6) is 0 Å². The zero-order valence-electron chi connectivity index (χ0n) is 12.9. The summed E-state index contributed by atoms with van der Waals surface area (Å²) >= 11 is 0. The van der Waals surface area contributed by atoms with Crippen LogP contribution in [0.3, 0.4) is 0 Å². The van der Waals surface area contributed by atoms with E-state index < -0.39 is 17.2 Å². The number of benzene rings is 1. The van der Waals surface area contributed by atoms with Gasteiger partial charge >= 0.3 is 0 Å². The third-order valence-corrected chi connectivity index (χ3v) is 3.99. The molecule has 1 aromatic heterocycles. The molecule has 0 radical (unpaired) electrons. The van der Waals surface area contributed by atoms with E-state index in [1.807, 2.05) is 0 Å². The van der Waals surface area contributed by atoms with E-state index in [0.29, 0.717) is 0 Å². The van der Waals surface area contributed by atoms with Gasteiger partial charge in [0.25, 0.3) is 5.56 Å². The van der Waals surface area contributed by atoms with Crippen molar-refractivity contribution in [3.8, 4) is 11.4 Å². The van der Waals surface area contributed by atoms with Crippen molar-refractivity contribution in [1.29, 1.82) is 0 Å². The standard InChI is InChI=1S/C16H16F2N4O2/c17-11-4-3-10(9-12(11)18)15-19-16(24)13(20-21-15)5-6-14(23)22-7-1-2-8-22/h3-4,9H,1-2,5-8H2,(H,19,21,24). The van der Waals surface area contributed by atoms with Crippen LogP contribution in [0.25, 0.3) is 11.4 Å². The van der Waals surface area contributed by atoms with Gasteiger partial charge in [-0.15, -0.1) is 10.2 Å². The summed E-state index contributed by atoms with van der Waals surface area (Å²) in [6.45, 7) is 1.52. The SMILES string of the molecule is O=C(CCc1nnc(-c2ccc(F)c(F)c2)[nH]c1=O)N1CCCC1. The van der Waals surface area contributed by atoms with E-state index in [0.717, 1.165) is 38.1 Å². The lowest BCUT2D eigenvalue weighted by Crippen LogP contribution is -2.28. The summed E-state index contributed by atoms with van der Waals surface area (Å²) in [4.78, 5) is 28.3. The number of hydrogen-bond acceptors (Lipinski definition) is 4. The van der Waals surface area contributed by atoms with Gasteiger partial charge in [0.05, 0.1) is 0 Å². The van der Waals surface area contributed by atoms with Crippen LogP contribution < -0.4 is 5.56 Å². The molecule has 3 rings (SSSR count). The molecule has 1 aromatic carbocycles. The number of aryl methyl sites for hydroxylation is 1. The molecule has 6 nitrogen and oxygen atoms in total. The maximum atomic E-state index is 13.2. The van der Waals surface area contributed by atoms with Gasteiger partial charge in [0.1, 0.15) is 5.69 Å². The Hall–Kier alpha value is -2.64. The van der Waals surface area contributed by atoms with Crippen LogP contribution in [0.1, 0.15) is 25.0 Å². The number of nitrogens with zero attached hydrogens (tertiary/aromatic N) is 3. The Morgan fingerprint density at radius 3 is 2.58 bits per heavy atom. The minimum atomic E-state index is -1.03. The highest BCUT2D eigenvalue weighted by molar-refractivity contribution is 5.76. The lowest BCUT2D eigenvalue weighted by atomic mass is 10.2. The molecule has 1 amide bonds. The molecule has 2 heterocycles. The molecule has 1 fully saturated rings.